The fraction of sp³-hybridized carbons (Fsp3) is 0.125. The summed E-state index contributed by atoms with van der Waals surface area (Å²) in [5, 5.41) is 0. The van der Waals surface area contributed by atoms with Gasteiger partial charge in [0.15, 0.2) is 0 Å². The highest BCUT2D eigenvalue weighted by Gasteiger charge is 1.97. The van der Waals surface area contributed by atoms with Crippen molar-refractivity contribution in [2.75, 3.05) is 5.75 Å². The molecule has 0 atom stereocenters. The van der Waals surface area contributed by atoms with Crippen LogP contribution < -0.4 is 0 Å². The van der Waals surface area contributed by atoms with Gasteiger partial charge in [0.25, 0.3) is 0 Å². The van der Waals surface area contributed by atoms with Crippen molar-refractivity contribution in [1.29, 1.82) is 0 Å². The van der Waals surface area contributed by atoms with E-state index in [2.05, 4.69) is 55.1 Å². The van der Waals surface area contributed by atoms with Crippen LogP contribution in [-0.4, -0.2) is 5.75 Å². The summed E-state index contributed by atoms with van der Waals surface area (Å²) in [4.78, 5) is 0. The van der Waals surface area contributed by atoms with Crippen molar-refractivity contribution in [2.24, 2.45) is 0 Å². The van der Waals surface area contributed by atoms with Crippen molar-refractivity contribution in [3.63, 3.8) is 0 Å². The molecule has 0 amide bonds. The highest BCUT2D eigenvalue weighted by molar-refractivity contribution is 8.76. The van der Waals surface area contributed by atoms with Crippen LogP contribution in [0, 0.1) is 0 Å². The summed E-state index contributed by atoms with van der Waals surface area (Å²) in [7, 11) is 3.73. The van der Waals surface area contributed by atoms with Gasteiger partial charge in [-0.1, -0.05) is 82.3 Å². The molecule has 0 aromatic heterocycles. The predicted octanol–water partition coefficient (Wildman–Crippen LogP) is 5.42. The number of rotatable bonds is 6. The third-order valence-electron chi connectivity index (χ3n) is 2.56. The molecule has 0 radical (unpaired) electrons. The molecule has 92 valence electrons. The van der Waals surface area contributed by atoms with E-state index >= 15 is 0 Å². The Morgan fingerprint density at radius 1 is 0.833 bits per heavy atom. The van der Waals surface area contributed by atoms with E-state index in [0.29, 0.717) is 0 Å². The first-order valence-electron chi connectivity index (χ1n) is 5.90. The Balaban J connectivity index is 1.95. The Kier molecular flexibility index (Phi) is 5.43. The average molecular weight is 272 g/mol. The Bertz CT molecular complexity index is 474. The molecule has 0 fully saturated rings. The number of benzene rings is 2. The Hall–Kier alpha value is -1.12. The molecular formula is C16H16S2. The standard InChI is InChI=1S/C16H16S2/c1-2-12-17-18-13-14-8-10-16(11-9-14)15-6-4-3-5-7-15/h2-11H,1,12-13H2. The van der Waals surface area contributed by atoms with Gasteiger partial charge >= 0.3 is 0 Å². The van der Waals surface area contributed by atoms with E-state index in [-0.39, 0.29) is 0 Å². The maximum absolute atomic E-state index is 3.72. The van der Waals surface area contributed by atoms with E-state index in [1.54, 1.807) is 0 Å². The van der Waals surface area contributed by atoms with E-state index in [4.69, 9.17) is 0 Å². The molecule has 0 aliphatic rings. The van der Waals surface area contributed by atoms with Gasteiger partial charge in [-0.25, -0.2) is 0 Å². The maximum Gasteiger partial charge on any atom is 0.0288 e. The summed E-state index contributed by atoms with van der Waals surface area (Å²) in [5.74, 6) is 2.06. The summed E-state index contributed by atoms with van der Waals surface area (Å²) in [6.45, 7) is 3.72. The zero-order valence-corrected chi connectivity index (χ0v) is 11.8. The molecule has 0 saturated carbocycles. The van der Waals surface area contributed by atoms with E-state index in [1.165, 1.54) is 16.7 Å². The summed E-state index contributed by atoms with van der Waals surface area (Å²) >= 11 is 0. The lowest BCUT2D eigenvalue weighted by Gasteiger charge is -2.04. The van der Waals surface area contributed by atoms with E-state index in [0.717, 1.165) is 11.5 Å². The Labute approximate surface area is 117 Å². The van der Waals surface area contributed by atoms with Crippen LogP contribution in [0.1, 0.15) is 5.56 Å². The lowest BCUT2D eigenvalue weighted by atomic mass is 10.0. The third-order valence-corrected chi connectivity index (χ3v) is 4.81. The minimum Gasteiger partial charge on any atom is -0.102 e. The normalized spacial score (nSPS) is 10.2. The van der Waals surface area contributed by atoms with Crippen LogP contribution in [0.3, 0.4) is 0 Å². The molecule has 2 aromatic carbocycles. The van der Waals surface area contributed by atoms with Crippen molar-refractivity contribution < 1.29 is 0 Å². The molecule has 0 bridgehead atoms. The van der Waals surface area contributed by atoms with Crippen molar-refractivity contribution in [2.45, 2.75) is 5.75 Å². The second-order valence-electron chi connectivity index (χ2n) is 3.90. The molecule has 18 heavy (non-hydrogen) atoms. The Morgan fingerprint density at radius 3 is 2.17 bits per heavy atom. The molecule has 0 unspecified atom stereocenters. The predicted molar refractivity (Wildman–Crippen MR) is 85.8 cm³/mol. The molecule has 2 aromatic rings. The van der Waals surface area contributed by atoms with Crippen LogP contribution >= 0.6 is 21.6 Å². The van der Waals surface area contributed by atoms with Crippen LogP contribution in [0.15, 0.2) is 67.3 Å². The molecule has 0 nitrogen and oxygen atoms in total. The SMILES string of the molecule is C=CCSSCc1ccc(-c2ccccc2)cc1. The second kappa shape index (κ2) is 7.34. The Morgan fingerprint density at radius 2 is 1.50 bits per heavy atom. The molecule has 2 rings (SSSR count). The van der Waals surface area contributed by atoms with E-state index in [9.17, 15) is 0 Å². The van der Waals surface area contributed by atoms with Crippen LogP contribution in [0.5, 0.6) is 0 Å². The largest absolute Gasteiger partial charge is 0.102 e. The van der Waals surface area contributed by atoms with Crippen LogP contribution in [0.4, 0.5) is 0 Å². The van der Waals surface area contributed by atoms with Crippen molar-refractivity contribution in [3.8, 4) is 11.1 Å². The second-order valence-corrected chi connectivity index (χ2v) is 6.41. The topological polar surface area (TPSA) is 0 Å². The summed E-state index contributed by atoms with van der Waals surface area (Å²) in [5.41, 5.74) is 3.93. The van der Waals surface area contributed by atoms with Crippen molar-refractivity contribution >= 4 is 21.6 Å². The first-order valence-corrected chi connectivity index (χ1v) is 8.38. The third kappa shape index (κ3) is 3.97. The molecule has 0 saturated heterocycles. The minimum atomic E-state index is 1.01. The van der Waals surface area contributed by atoms with Crippen LogP contribution in [0.2, 0.25) is 0 Å². The van der Waals surface area contributed by atoms with Gasteiger partial charge < -0.3 is 0 Å². The van der Waals surface area contributed by atoms with Gasteiger partial charge in [-0.2, -0.15) is 0 Å². The summed E-state index contributed by atoms with van der Waals surface area (Å²) in [6, 6.07) is 19.3. The smallest absolute Gasteiger partial charge is 0.0288 e. The van der Waals surface area contributed by atoms with E-state index < -0.39 is 0 Å². The minimum absolute atomic E-state index is 1.01. The van der Waals surface area contributed by atoms with Crippen LogP contribution in [-0.2, 0) is 5.75 Å². The van der Waals surface area contributed by atoms with Gasteiger partial charge in [0, 0.05) is 11.5 Å². The lowest BCUT2D eigenvalue weighted by molar-refractivity contribution is 1.42. The summed E-state index contributed by atoms with van der Waals surface area (Å²) < 4.78 is 0. The highest BCUT2D eigenvalue weighted by atomic mass is 33.1. The van der Waals surface area contributed by atoms with Gasteiger partial charge in [0.2, 0.25) is 0 Å². The number of hydrogen-bond acceptors (Lipinski definition) is 2. The molecule has 0 spiro atoms. The zero-order chi connectivity index (χ0) is 12.6. The molecule has 0 N–H and O–H groups in total. The molecular weight excluding hydrogens is 256 g/mol. The number of hydrogen-bond donors (Lipinski definition) is 0. The summed E-state index contributed by atoms with van der Waals surface area (Å²) in [6.07, 6.45) is 1.94. The van der Waals surface area contributed by atoms with Gasteiger partial charge in [-0.3, -0.25) is 0 Å². The fourth-order valence-corrected chi connectivity index (χ4v) is 3.47. The van der Waals surface area contributed by atoms with E-state index in [1.807, 2.05) is 33.7 Å². The first kappa shape index (κ1) is 13.3. The lowest BCUT2D eigenvalue weighted by Crippen LogP contribution is -1.81. The molecule has 0 heterocycles. The monoisotopic (exact) mass is 272 g/mol. The molecule has 0 aliphatic heterocycles. The quantitative estimate of drug-likeness (QED) is 0.391. The van der Waals surface area contributed by atoms with Gasteiger partial charge in [-0.05, 0) is 16.7 Å². The van der Waals surface area contributed by atoms with Crippen molar-refractivity contribution in [1.82, 2.24) is 0 Å². The van der Waals surface area contributed by atoms with Crippen LogP contribution in [0.25, 0.3) is 11.1 Å². The zero-order valence-electron chi connectivity index (χ0n) is 10.2. The first-order chi connectivity index (χ1) is 8.90. The molecule has 0 aliphatic carbocycles. The van der Waals surface area contributed by atoms with Gasteiger partial charge in [0.05, 0.1) is 0 Å². The van der Waals surface area contributed by atoms with Gasteiger partial charge in [0.1, 0.15) is 0 Å². The molecule has 2 heteroatoms. The van der Waals surface area contributed by atoms with Gasteiger partial charge in [-0.15, -0.1) is 6.58 Å². The average Bonchev–Trinajstić information content (AvgIpc) is 2.45. The van der Waals surface area contributed by atoms with Crippen molar-refractivity contribution in [3.05, 3.63) is 72.8 Å². The highest BCUT2D eigenvalue weighted by Crippen LogP contribution is 2.27. The maximum atomic E-state index is 3.72. The fourth-order valence-electron chi connectivity index (χ4n) is 1.63.